The van der Waals surface area contributed by atoms with Gasteiger partial charge in [-0.05, 0) is 117 Å². The average molecular weight is 940 g/mol. The van der Waals surface area contributed by atoms with Crippen LogP contribution in [0.3, 0.4) is 0 Å². The zero-order valence-electron chi connectivity index (χ0n) is 40.4. The normalized spacial score (nSPS) is 12.8. The molecule has 0 fully saturated rings. The molecule has 0 saturated heterocycles. The minimum atomic E-state index is 0.664. The second-order valence-corrected chi connectivity index (χ2v) is 19.9. The Hall–Kier alpha value is -8.70. The molecule has 0 bridgehead atoms. The maximum atomic E-state index is 5.70. The molecule has 0 radical (unpaired) electrons. The summed E-state index contributed by atoms with van der Waals surface area (Å²) in [5, 5.41) is 12.3. The molecule has 0 unspecified atom stereocenters. The summed E-state index contributed by atoms with van der Waals surface area (Å²) in [6.45, 7) is 6.57. The summed E-state index contributed by atoms with van der Waals surface area (Å²) in [7, 11) is 0. The van der Waals surface area contributed by atoms with Crippen LogP contribution >= 0.6 is 11.3 Å². The van der Waals surface area contributed by atoms with Gasteiger partial charge in [0, 0.05) is 48.5 Å². The third-order valence-electron chi connectivity index (χ3n) is 14.5. The smallest absolute Gasteiger partial charge is 0.160 e. The van der Waals surface area contributed by atoms with Crippen molar-refractivity contribution in [3.05, 3.63) is 253 Å². The van der Waals surface area contributed by atoms with E-state index in [1.807, 2.05) is 11.3 Å². The lowest BCUT2D eigenvalue weighted by Crippen LogP contribution is -2.06. The van der Waals surface area contributed by atoms with E-state index in [1.54, 1.807) is 0 Å². The van der Waals surface area contributed by atoms with E-state index in [2.05, 4.69) is 256 Å². The van der Waals surface area contributed by atoms with Gasteiger partial charge in [0.15, 0.2) is 5.84 Å². The molecular weight excluding hydrogens is 891 g/mol. The fourth-order valence-corrected chi connectivity index (χ4v) is 11.9. The highest BCUT2D eigenvalue weighted by Gasteiger charge is 2.22. The molecule has 2 heterocycles. The largest absolute Gasteiger partial charge is 0.307 e. The summed E-state index contributed by atoms with van der Waals surface area (Å²) in [6, 6.07) is 83.8. The number of fused-ring (bicyclic) bond motifs is 11. The van der Waals surface area contributed by atoms with Crippen molar-refractivity contribution < 1.29 is 0 Å². The summed E-state index contributed by atoms with van der Waals surface area (Å²) in [5.74, 6) is 0.664. The number of rotatable bonds is 8. The van der Waals surface area contributed by atoms with Gasteiger partial charge < -0.3 is 4.57 Å². The van der Waals surface area contributed by atoms with Crippen LogP contribution in [0, 0.1) is 0 Å². The molecule has 2 aromatic heterocycles. The molecule has 72 heavy (non-hydrogen) atoms. The van der Waals surface area contributed by atoms with E-state index in [9.17, 15) is 0 Å². The van der Waals surface area contributed by atoms with Crippen LogP contribution in [-0.2, 0) is 0 Å². The molecule has 342 valence electrons. The lowest BCUT2D eigenvalue weighted by Gasteiger charge is -2.15. The van der Waals surface area contributed by atoms with Crippen LogP contribution < -0.4 is 0 Å². The first-order valence-electron chi connectivity index (χ1n) is 24.9. The Morgan fingerprint density at radius 2 is 1.04 bits per heavy atom. The standard InChI is InChI=1S/C68H49N3S/c1-4-43(2)65(50-32-30-47(31-33-50)45-18-7-5-8-19-45)70-68(54-27-17-26-51(38-54)46-20-9-6-10-21-46)69-44(3)55-40-60-64-56-28-15-13-22-48(56)35-37-63(64)72-67(60)62(42-55)71-61-41-53-25-12-11-24-52(53)39-59(61)58-36-34-49-23-14-16-29-57(49)66(58)71/h5-42H,4H2,1-3H3/b65-43-,69-44+,70-68-. The van der Waals surface area contributed by atoms with Gasteiger partial charge >= 0.3 is 0 Å². The van der Waals surface area contributed by atoms with Gasteiger partial charge in [-0.2, -0.15) is 0 Å². The van der Waals surface area contributed by atoms with E-state index in [0.717, 1.165) is 51.3 Å². The molecule has 0 spiro atoms. The Kier molecular flexibility index (Phi) is 10.8. The minimum absolute atomic E-state index is 0.664. The van der Waals surface area contributed by atoms with Crippen LogP contribution in [0.2, 0.25) is 0 Å². The fourth-order valence-electron chi connectivity index (χ4n) is 10.7. The Balaban J connectivity index is 1.09. The molecule has 13 aromatic rings. The second-order valence-electron chi connectivity index (χ2n) is 18.9. The minimum Gasteiger partial charge on any atom is -0.307 e. The molecule has 0 saturated carbocycles. The molecule has 0 aliphatic rings. The lowest BCUT2D eigenvalue weighted by atomic mass is 10.00. The van der Waals surface area contributed by atoms with Gasteiger partial charge in [-0.3, -0.25) is 0 Å². The van der Waals surface area contributed by atoms with Gasteiger partial charge in [-0.15, -0.1) is 11.3 Å². The predicted octanol–water partition coefficient (Wildman–Crippen LogP) is 19.0. The van der Waals surface area contributed by atoms with E-state index >= 15 is 0 Å². The fraction of sp³-hybridized carbons (Fsp3) is 0.0588. The van der Waals surface area contributed by atoms with Gasteiger partial charge in [0.2, 0.25) is 0 Å². The van der Waals surface area contributed by atoms with Crippen LogP contribution in [0.1, 0.15) is 43.9 Å². The quantitative estimate of drug-likeness (QED) is 0.107. The van der Waals surface area contributed by atoms with Gasteiger partial charge in [-0.1, -0.05) is 201 Å². The van der Waals surface area contributed by atoms with Crippen molar-refractivity contribution in [3.8, 4) is 27.9 Å². The molecule has 0 aliphatic carbocycles. The van der Waals surface area contributed by atoms with Crippen molar-refractivity contribution in [1.29, 1.82) is 0 Å². The molecule has 0 atom stereocenters. The summed E-state index contributed by atoms with van der Waals surface area (Å²) in [4.78, 5) is 11.4. The second kappa shape index (κ2) is 17.9. The number of thiophene rings is 1. The van der Waals surface area contributed by atoms with E-state index in [0.29, 0.717) is 5.84 Å². The number of aromatic nitrogens is 1. The first-order chi connectivity index (χ1) is 35.5. The summed E-state index contributed by atoms with van der Waals surface area (Å²) < 4.78 is 5.06. The third kappa shape index (κ3) is 7.51. The van der Waals surface area contributed by atoms with E-state index in [1.165, 1.54) is 91.0 Å². The highest BCUT2D eigenvalue weighted by molar-refractivity contribution is 7.26. The Morgan fingerprint density at radius 3 is 1.78 bits per heavy atom. The molecular formula is C68H49N3S. The van der Waals surface area contributed by atoms with Gasteiger partial charge in [0.25, 0.3) is 0 Å². The Morgan fingerprint density at radius 1 is 0.431 bits per heavy atom. The zero-order chi connectivity index (χ0) is 48.3. The van der Waals surface area contributed by atoms with Crippen LogP contribution in [0.15, 0.2) is 246 Å². The molecule has 3 nitrogen and oxygen atoms in total. The number of amidine groups is 1. The number of aliphatic imine (C=N–C) groups is 2. The third-order valence-corrected chi connectivity index (χ3v) is 15.7. The van der Waals surface area contributed by atoms with E-state index in [4.69, 9.17) is 9.98 Å². The molecule has 0 aliphatic heterocycles. The lowest BCUT2D eigenvalue weighted by molar-refractivity contribution is 1.09. The van der Waals surface area contributed by atoms with Crippen molar-refractivity contribution in [3.63, 3.8) is 0 Å². The maximum Gasteiger partial charge on any atom is 0.160 e. The highest BCUT2D eigenvalue weighted by atomic mass is 32.1. The number of hydrogen-bond acceptors (Lipinski definition) is 2. The molecule has 13 rings (SSSR count). The highest BCUT2D eigenvalue weighted by Crippen LogP contribution is 2.46. The van der Waals surface area contributed by atoms with E-state index < -0.39 is 0 Å². The van der Waals surface area contributed by atoms with Gasteiger partial charge in [-0.25, -0.2) is 9.98 Å². The number of benzene rings is 11. The van der Waals surface area contributed by atoms with Crippen molar-refractivity contribution in [1.82, 2.24) is 4.57 Å². The van der Waals surface area contributed by atoms with Crippen LogP contribution in [0.5, 0.6) is 0 Å². The molecule has 0 amide bonds. The molecule has 0 N–H and O–H groups in total. The summed E-state index contributed by atoms with van der Waals surface area (Å²) in [5.41, 5.74) is 14.2. The monoisotopic (exact) mass is 939 g/mol. The van der Waals surface area contributed by atoms with Crippen LogP contribution in [-0.4, -0.2) is 16.1 Å². The van der Waals surface area contributed by atoms with E-state index in [-0.39, 0.29) is 0 Å². The number of allylic oxidation sites excluding steroid dienone is 1. The first-order valence-corrected chi connectivity index (χ1v) is 25.7. The van der Waals surface area contributed by atoms with Crippen LogP contribution in [0.25, 0.3) is 108 Å². The summed E-state index contributed by atoms with van der Waals surface area (Å²) in [6.07, 6.45) is 0.848. The Bertz CT molecular complexity index is 4360. The number of hydrogen-bond donors (Lipinski definition) is 0. The van der Waals surface area contributed by atoms with Gasteiger partial charge in [0.05, 0.1) is 27.1 Å². The van der Waals surface area contributed by atoms with Crippen molar-refractivity contribution in [2.45, 2.75) is 27.2 Å². The molecule has 4 heteroatoms. The predicted molar refractivity (Wildman–Crippen MR) is 312 cm³/mol. The first kappa shape index (κ1) is 43.3. The Labute approximate surface area is 423 Å². The SMILES string of the molecule is CC\C(C)=C(/N=C(\N=C(/C)c1cc(-n2c3cc4ccccc4cc3c3ccc4ccccc4c32)c2sc3ccc4ccccc4c3c2c1)c1cccc(-c2ccccc2)c1)c1ccc(-c2ccccc2)cc1. The summed E-state index contributed by atoms with van der Waals surface area (Å²) >= 11 is 1.88. The van der Waals surface area contributed by atoms with Crippen LogP contribution in [0.4, 0.5) is 0 Å². The average Bonchev–Trinajstić information content (AvgIpc) is 3.99. The topological polar surface area (TPSA) is 29.6 Å². The van der Waals surface area contributed by atoms with Crippen molar-refractivity contribution >= 4 is 103 Å². The zero-order valence-corrected chi connectivity index (χ0v) is 41.2. The van der Waals surface area contributed by atoms with Crippen molar-refractivity contribution in [2.24, 2.45) is 9.98 Å². The maximum absolute atomic E-state index is 5.70. The van der Waals surface area contributed by atoms with Crippen molar-refractivity contribution in [2.75, 3.05) is 0 Å². The van der Waals surface area contributed by atoms with Gasteiger partial charge in [0.1, 0.15) is 0 Å². The molecule has 11 aromatic carbocycles. The number of nitrogens with zero attached hydrogens (tertiary/aromatic N) is 3.